The lowest BCUT2D eigenvalue weighted by atomic mass is 10.2. The van der Waals surface area contributed by atoms with Gasteiger partial charge in [0.25, 0.3) is 5.56 Å². The molecule has 0 unspecified atom stereocenters. The van der Waals surface area contributed by atoms with E-state index in [0.29, 0.717) is 18.0 Å². The minimum absolute atomic E-state index is 0.0925. The minimum atomic E-state index is -1.03. The predicted octanol–water partition coefficient (Wildman–Crippen LogP) is 2.85. The normalized spacial score (nSPS) is 12.2. The molecule has 4 rings (SSSR count). The number of rotatable bonds is 4. The third kappa shape index (κ3) is 2.97. The van der Waals surface area contributed by atoms with E-state index in [4.69, 9.17) is 9.47 Å². The minimum Gasteiger partial charge on any atom is -0.454 e. The van der Waals surface area contributed by atoms with Gasteiger partial charge in [-0.25, -0.2) is 13.8 Å². The van der Waals surface area contributed by atoms with Crippen molar-refractivity contribution in [2.45, 2.75) is 6.54 Å². The van der Waals surface area contributed by atoms with Crippen molar-refractivity contribution in [3.63, 3.8) is 0 Å². The average molecular weight is 357 g/mol. The molecule has 132 valence electrons. The van der Waals surface area contributed by atoms with Gasteiger partial charge in [0.2, 0.25) is 6.79 Å². The highest BCUT2D eigenvalue weighted by molar-refractivity contribution is 5.46. The summed E-state index contributed by atoms with van der Waals surface area (Å²) in [7, 11) is 0. The molecule has 8 heteroatoms. The molecule has 26 heavy (non-hydrogen) atoms. The summed E-state index contributed by atoms with van der Waals surface area (Å²) in [5.41, 5.74) is 0.611. The molecule has 0 amide bonds. The Morgan fingerprint density at radius 2 is 1.92 bits per heavy atom. The second-order valence-corrected chi connectivity index (χ2v) is 5.59. The Morgan fingerprint density at radius 1 is 1.08 bits per heavy atom. The van der Waals surface area contributed by atoms with Gasteiger partial charge in [-0.3, -0.25) is 9.36 Å². The van der Waals surface area contributed by atoms with Crippen molar-refractivity contribution in [3.05, 3.63) is 76.3 Å². The molecule has 1 N–H and O–H groups in total. The summed E-state index contributed by atoms with van der Waals surface area (Å²) in [6.07, 6.45) is 2.80. The SMILES string of the molecule is O=c1c(NCc2ccc3c(c2)OCO3)nccn1-c1ccc(F)c(F)c1. The van der Waals surface area contributed by atoms with Gasteiger partial charge in [0.1, 0.15) is 0 Å². The van der Waals surface area contributed by atoms with Crippen LogP contribution in [0.25, 0.3) is 5.69 Å². The third-order valence-corrected chi connectivity index (χ3v) is 3.92. The number of halogens is 2. The van der Waals surface area contributed by atoms with Gasteiger partial charge in [-0.05, 0) is 29.8 Å². The first-order chi connectivity index (χ1) is 12.6. The van der Waals surface area contributed by atoms with E-state index in [2.05, 4.69) is 10.3 Å². The smallest absolute Gasteiger partial charge is 0.297 e. The molecule has 3 aromatic rings. The number of fused-ring (bicyclic) bond motifs is 1. The van der Waals surface area contributed by atoms with Gasteiger partial charge in [0.05, 0.1) is 5.69 Å². The van der Waals surface area contributed by atoms with E-state index in [9.17, 15) is 13.6 Å². The zero-order valence-corrected chi connectivity index (χ0v) is 13.4. The molecule has 2 aromatic carbocycles. The van der Waals surface area contributed by atoms with Crippen LogP contribution < -0.4 is 20.3 Å². The molecule has 0 saturated carbocycles. The molecule has 6 nitrogen and oxygen atoms in total. The number of benzene rings is 2. The van der Waals surface area contributed by atoms with Crippen molar-refractivity contribution >= 4 is 5.82 Å². The fourth-order valence-electron chi connectivity index (χ4n) is 2.61. The fraction of sp³-hybridized carbons (Fsp3) is 0.111. The van der Waals surface area contributed by atoms with Crippen LogP contribution in [0.15, 0.2) is 53.6 Å². The van der Waals surface area contributed by atoms with Crippen molar-refractivity contribution < 1.29 is 18.3 Å². The van der Waals surface area contributed by atoms with Crippen molar-refractivity contribution in [3.8, 4) is 17.2 Å². The second-order valence-electron chi connectivity index (χ2n) is 5.59. The average Bonchev–Trinajstić information content (AvgIpc) is 3.11. The number of nitrogens with zero attached hydrogens (tertiary/aromatic N) is 2. The maximum Gasteiger partial charge on any atom is 0.297 e. The molecule has 1 aliphatic heterocycles. The highest BCUT2D eigenvalue weighted by atomic mass is 19.2. The standard InChI is InChI=1S/C18H13F2N3O3/c19-13-3-2-12(8-14(13)20)23-6-5-21-17(18(23)24)22-9-11-1-4-15-16(7-11)26-10-25-15/h1-8H,9-10H2,(H,21,22). The zero-order chi connectivity index (χ0) is 18.1. The Balaban J connectivity index is 1.58. The maximum absolute atomic E-state index is 13.4. The van der Waals surface area contributed by atoms with E-state index in [1.54, 1.807) is 6.07 Å². The van der Waals surface area contributed by atoms with Crippen LogP contribution in [0.1, 0.15) is 5.56 Å². The largest absolute Gasteiger partial charge is 0.454 e. The van der Waals surface area contributed by atoms with E-state index in [0.717, 1.165) is 17.7 Å². The molecular weight excluding hydrogens is 344 g/mol. The number of hydrogen-bond acceptors (Lipinski definition) is 5. The first-order valence-corrected chi connectivity index (χ1v) is 7.77. The molecule has 0 radical (unpaired) electrons. The van der Waals surface area contributed by atoms with E-state index in [-0.39, 0.29) is 18.3 Å². The Morgan fingerprint density at radius 3 is 2.77 bits per heavy atom. The molecule has 2 heterocycles. The van der Waals surface area contributed by atoms with Crippen LogP contribution in [-0.4, -0.2) is 16.3 Å². The van der Waals surface area contributed by atoms with Gasteiger partial charge in [0, 0.05) is 25.0 Å². The summed E-state index contributed by atoms with van der Waals surface area (Å²) in [4.78, 5) is 16.6. The third-order valence-electron chi connectivity index (χ3n) is 3.92. The van der Waals surface area contributed by atoms with Crippen LogP contribution in [0, 0.1) is 11.6 Å². The first kappa shape index (κ1) is 16.1. The molecule has 1 aromatic heterocycles. The molecule has 0 saturated heterocycles. The van der Waals surface area contributed by atoms with Gasteiger partial charge in [-0.2, -0.15) is 0 Å². The molecule has 1 aliphatic rings. The lowest BCUT2D eigenvalue weighted by Gasteiger charge is -2.10. The van der Waals surface area contributed by atoms with Gasteiger partial charge in [-0.15, -0.1) is 0 Å². The molecule has 0 bridgehead atoms. The van der Waals surface area contributed by atoms with Gasteiger partial charge in [0.15, 0.2) is 29.0 Å². The van der Waals surface area contributed by atoms with Crippen LogP contribution in [0.4, 0.5) is 14.6 Å². The van der Waals surface area contributed by atoms with Crippen LogP contribution in [0.5, 0.6) is 11.5 Å². The summed E-state index contributed by atoms with van der Waals surface area (Å²) in [5.74, 6) is -0.593. The van der Waals surface area contributed by atoms with E-state index in [1.807, 2.05) is 12.1 Å². The Labute approximate surface area is 146 Å². The van der Waals surface area contributed by atoms with Crippen LogP contribution in [0.2, 0.25) is 0 Å². The topological polar surface area (TPSA) is 65.4 Å². The van der Waals surface area contributed by atoms with Crippen molar-refractivity contribution in [2.24, 2.45) is 0 Å². The van der Waals surface area contributed by atoms with E-state index in [1.165, 1.54) is 23.0 Å². The Bertz CT molecular complexity index is 1040. The molecular formula is C18H13F2N3O3. The molecule has 0 spiro atoms. The first-order valence-electron chi connectivity index (χ1n) is 7.77. The van der Waals surface area contributed by atoms with Crippen LogP contribution in [0.3, 0.4) is 0 Å². The summed E-state index contributed by atoms with van der Waals surface area (Å²) in [6.45, 7) is 0.520. The Kier molecular flexibility index (Phi) is 4.00. The summed E-state index contributed by atoms with van der Waals surface area (Å²) < 4.78 is 38.3. The molecule has 0 aliphatic carbocycles. The lowest BCUT2D eigenvalue weighted by Crippen LogP contribution is -2.23. The quantitative estimate of drug-likeness (QED) is 0.778. The summed E-state index contributed by atoms with van der Waals surface area (Å²) in [5, 5.41) is 2.95. The number of nitrogens with one attached hydrogen (secondary N) is 1. The van der Waals surface area contributed by atoms with Crippen molar-refractivity contribution in [1.29, 1.82) is 0 Å². The highest BCUT2D eigenvalue weighted by Gasteiger charge is 2.14. The number of hydrogen-bond donors (Lipinski definition) is 1. The fourth-order valence-corrected chi connectivity index (χ4v) is 2.61. The van der Waals surface area contributed by atoms with E-state index >= 15 is 0 Å². The number of aromatic nitrogens is 2. The zero-order valence-electron chi connectivity index (χ0n) is 13.4. The summed E-state index contributed by atoms with van der Waals surface area (Å²) in [6, 6.07) is 8.69. The number of anilines is 1. The van der Waals surface area contributed by atoms with Gasteiger partial charge >= 0.3 is 0 Å². The summed E-state index contributed by atoms with van der Waals surface area (Å²) >= 11 is 0. The second kappa shape index (κ2) is 6.47. The number of ether oxygens (including phenoxy) is 2. The predicted molar refractivity (Wildman–Crippen MR) is 89.6 cm³/mol. The molecule has 0 fully saturated rings. The van der Waals surface area contributed by atoms with Gasteiger partial charge < -0.3 is 14.8 Å². The van der Waals surface area contributed by atoms with Crippen molar-refractivity contribution in [1.82, 2.24) is 9.55 Å². The Hall–Kier alpha value is -3.42. The monoisotopic (exact) mass is 357 g/mol. The van der Waals surface area contributed by atoms with Crippen LogP contribution in [-0.2, 0) is 6.54 Å². The maximum atomic E-state index is 13.4. The highest BCUT2D eigenvalue weighted by Crippen LogP contribution is 2.32. The van der Waals surface area contributed by atoms with Gasteiger partial charge in [-0.1, -0.05) is 6.07 Å². The lowest BCUT2D eigenvalue weighted by molar-refractivity contribution is 0.174. The van der Waals surface area contributed by atoms with Crippen molar-refractivity contribution in [2.75, 3.05) is 12.1 Å². The molecule has 0 atom stereocenters. The van der Waals surface area contributed by atoms with Crippen LogP contribution >= 0.6 is 0 Å². The van der Waals surface area contributed by atoms with E-state index < -0.39 is 17.2 Å².